The average Bonchev–Trinajstić information content (AvgIpc) is 2.19. The van der Waals surface area contributed by atoms with Crippen LogP contribution < -0.4 is 5.46 Å². The Balaban J connectivity index is 2.54. The standard InChI is InChI=1S/C9H9BO3/c11-7-4-8-13-10(12)9-5-2-1-3-6-9/h1-3,5-6,11-12H,7H2. The molecule has 0 aliphatic heterocycles. The van der Waals surface area contributed by atoms with E-state index in [-0.39, 0.29) is 6.61 Å². The van der Waals surface area contributed by atoms with Crippen molar-refractivity contribution in [3.8, 4) is 12.0 Å². The number of hydrogen-bond acceptors (Lipinski definition) is 3. The van der Waals surface area contributed by atoms with Crippen LogP contribution in [0.1, 0.15) is 0 Å². The molecule has 0 unspecified atom stereocenters. The Morgan fingerprint density at radius 1 is 1.31 bits per heavy atom. The maximum absolute atomic E-state index is 9.34. The van der Waals surface area contributed by atoms with Crippen LogP contribution in [0.5, 0.6) is 0 Å². The first kappa shape index (κ1) is 9.65. The van der Waals surface area contributed by atoms with E-state index >= 15 is 0 Å². The van der Waals surface area contributed by atoms with Gasteiger partial charge in [0.15, 0.2) is 0 Å². The SMILES string of the molecule is OCC#COB(O)c1ccccc1. The van der Waals surface area contributed by atoms with Gasteiger partial charge < -0.3 is 14.8 Å². The highest BCUT2D eigenvalue weighted by molar-refractivity contribution is 6.60. The van der Waals surface area contributed by atoms with Gasteiger partial charge in [-0.25, -0.2) is 0 Å². The molecule has 0 aliphatic carbocycles. The zero-order valence-corrected chi connectivity index (χ0v) is 6.97. The quantitative estimate of drug-likeness (QED) is 0.464. The topological polar surface area (TPSA) is 49.7 Å². The van der Waals surface area contributed by atoms with Gasteiger partial charge in [0.05, 0.1) is 6.11 Å². The van der Waals surface area contributed by atoms with Crippen molar-refractivity contribution in [2.24, 2.45) is 0 Å². The van der Waals surface area contributed by atoms with Gasteiger partial charge in [-0.1, -0.05) is 30.3 Å². The van der Waals surface area contributed by atoms with Crippen LogP contribution in [-0.2, 0) is 4.65 Å². The molecule has 0 saturated carbocycles. The van der Waals surface area contributed by atoms with E-state index in [0.29, 0.717) is 5.46 Å². The predicted octanol–water partition coefficient (Wildman–Crippen LogP) is -0.656. The average molecular weight is 176 g/mol. The van der Waals surface area contributed by atoms with Crippen LogP contribution in [0.2, 0.25) is 0 Å². The third kappa shape index (κ3) is 3.20. The van der Waals surface area contributed by atoms with Crippen molar-refractivity contribution in [1.29, 1.82) is 0 Å². The molecule has 1 rings (SSSR count). The van der Waals surface area contributed by atoms with Gasteiger partial charge in [0.1, 0.15) is 6.61 Å². The molecular formula is C9H9BO3. The van der Waals surface area contributed by atoms with Gasteiger partial charge in [-0.2, -0.15) is 0 Å². The van der Waals surface area contributed by atoms with Crippen LogP contribution >= 0.6 is 0 Å². The zero-order chi connectivity index (χ0) is 9.52. The van der Waals surface area contributed by atoms with E-state index in [0.717, 1.165) is 0 Å². The maximum atomic E-state index is 9.34. The molecule has 3 nitrogen and oxygen atoms in total. The second kappa shape index (κ2) is 5.25. The Morgan fingerprint density at radius 3 is 2.62 bits per heavy atom. The van der Waals surface area contributed by atoms with E-state index in [1.54, 1.807) is 24.3 Å². The fourth-order valence-electron chi connectivity index (χ4n) is 0.815. The summed E-state index contributed by atoms with van der Waals surface area (Å²) in [4.78, 5) is 0. The summed E-state index contributed by atoms with van der Waals surface area (Å²) >= 11 is 0. The number of aliphatic hydroxyl groups is 1. The van der Waals surface area contributed by atoms with Crippen molar-refractivity contribution in [2.45, 2.75) is 0 Å². The van der Waals surface area contributed by atoms with Gasteiger partial charge in [-0.3, -0.25) is 0 Å². The van der Waals surface area contributed by atoms with Crippen LogP contribution in [0.25, 0.3) is 0 Å². The molecule has 0 bridgehead atoms. The first-order valence-corrected chi connectivity index (χ1v) is 3.82. The highest BCUT2D eigenvalue weighted by atomic mass is 16.5. The third-order valence-electron chi connectivity index (χ3n) is 1.41. The lowest BCUT2D eigenvalue weighted by Crippen LogP contribution is -2.31. The monoisotopic (exact) mass is 176 g/mol. The van der Waals surface area contributed by atoms with Crippen LogP contribution in [0.4, 0.5) is 0 Å². The summed E-state index contributed by atoms with van der Waals surface area (Å²) in [5.41, 5.74) is 0.634. The molecule has 0 heterocycles. The Kier molecular flexibility index (Phi) is 3.90. The summed E-state index contributed by atoms with van der Waals surface area (Å²) in [6.07, 6.45) is 2.18. The molecule has 0 atom stereocenters. The Bertz CT molecular complexity index is 302. The fourth-order valence-corrected chi connectivity index (χ4v) is 0.815. The van der Waals surface area contributed by atoms with E-state index < -0.39 is 7.12 Å². The molecule has 0 aromatic heterocycles. The minimum atomic E-state index is -1.06. The Labute approximate surface area is 77.1 Å². The first-order chi connectivity index (χ1) is 6.34. The van der Waals surface area contributed by atoms with Gasteiger partial charge in [0.25, 0.3) is 0 Å². The van der Waals surface area contributed by atoms with Crippen LogP contribution in [0.3, 0.4) is 0 Å². The number of benzene rings is 1. The minimum absolute atomic E-state index is 0.276. The summed E-state index contributed by atoms with van der Waals surface area (Å²) in [5.74, 6) is 2.27. The molecule has 4 heteroatoms. The summed E-state index contributed by atoms with van der Waals surface area (Å²) in [5, 5.41) is 17.7. The van der Waals surface area contributed by atoms with Crippen LogP contribution in [0.15, 0.2) is 30.3 Å². The maximum Gasteiger partial charge on any atom is 0.568 e. The molecule has 0 spiro atoms. The molecule has 0 radical (unpaired) electrons. The lowest BCUT2D eigenvalue weighted by Gasteiger charge is -2.01. The van der Waals surface area contributed by atoms with E-state index in [1.165, 1.54) is 0 Å². The molecule has 1 aromatic carbocycles. The fraction of sp³-hybridized carbons (Fsp3) is 0.111. The van der Waals surface area contributed by atoms with Gasteiger partial charge in [-0.15, -0.1) is 0 Å². The van der Waals surface area contributed by atoms with E-state index in [2.05, 4.69) is 12.0 Å². The molecule has 2 N–H and O–H groups in total. The lowest BCUT2D eigenvalue weighted by atomic mass is 9.80. The first-order valence-electron chi connectivity index (χ1n) is 3.82. The summed E-state index contributed by atoms with van der Waals surface area (Å²) in [6, 6.07) is 8.88. The van der Waals surface area contributed by atoms with Crippen molar-refractivity contribution in [2.75, 3.05) is 6.61 Å². The summed E-state index contributed by atoms with van der Waals surface area (Å²) in [7, 11) is -1.06. The highest BCUT2D eigenvalue weighted by Gasteiger charge is 2.15. The van der Waals surface area contributed by atoms with Crippen LogP contribution in [-0.4, -0.2) is 23.9 Å². The molecule has 0 amide bonds. The molecule has 0 saturated heterocycles. The Hall–Kier alpha value is -1.44. The van der Waals surface area contributed by atoms with Gasteiger partial charge in [-0.05, 0) is 11.4 Å². The third-order valence-corrected chi connectivity index (χ3v) is 1.41. The lowest BCUT2D eigenvalue weighted by molar-refractivity contribution is 0.347. The normalized spacial score (nSPS) is 8.46. The molecule has 0 aliphatic rings. The summed E-state index contributed by atoms with van der Waals surface area (Å²) in [6.45, 7) is -0.276. The van der Waals surface area contributed by atoms with E-state index in [9.17, 15) is 5.02 Å². The second-order valence-corrected chi connectivity index (χ2v) is 2.32. The van der Waals surface area contributed by atoms with E-state index in [1.807, 2.05) is 6.07 Å². The molecule has 66 valence electrons. The highest BCUT2D eigenvalue weighted by Crippen LogP contribution is 1.86. The predicted molar refractivity (Wildman–Crippen MR) is 50.0 cm³/mol. The van der Waals surface area contributed by atoms with Gasteiger partial charge >= 0.3 is 7.12 Å². The molecule has 13 heavy (non-hydrogen) atoms. The molecular weight excluding hydrogens is 167 g/mol. The number of aliphatic hydroxyl groups excluding tert-OH is 1. The summed E-state index contributed by atoms with van der Waals surface area (Å²) < 4.78 is 4.70. The molecule has 0 fully saturated rings. The van der Waals surface area contributed by atoms with Crippen molar-refractivity contribution in [3.63, 3.8) is 0 Å². The van der Waals surface area contributed by atoms with Crippen molar-refractivity contribution in [3.05, 3.63) is 30.3 Å². The van der Waals surface area contributed by atoms with Gasteiger partial charge in [0, 0.05) is 0 Å². The van der Waals surface area contributed by atoms with Crippen molar-refractivity contribution < 1.29 is 14.8 Å². The van der Waals surface area contributed by atoms with Crippen LogP contribution in [0, 0.1) is 12.0 Å². The van der Waals surface area contributed by atoms with E-state index in [4.69, 9.17) is 9.76 Å². The Morgan fingerprint density at radius 2 is 2.00 bits per heavy atom. The van der Waals surface area contributed by atoms with Crippen molar-refractivity contribution >= 4 is 12.6 Å². The number of rotatable bonds is 2. The van der Waals surface area contributed by atoms with Crippen molar-refractivity contribution in [1.82, 2.24) is 0 Å². The second-order valence-electron chi connectivity index (χ2n) is 2.32. The zero-order valence-electron chi connectivity index (χ0n) is 6.97. The smallest absolute Gasteiger partial charge is 0.483 e. The van der Waals surface area contributed by atoms with Gasteiger partial charge in [0.2, 0.25) is 0 Å². The largest absolute Gasteiger partial charge is 0.568 e. The number of hydrogen-bond donors (Lipinski definition) is 2. The molecule has 1 aromatic rings. The minimum Gasteiger partial charge on any atom is -0.483 e.